The Balaban J connectivity index is 1.67. The number of hydrogen-bond donors (Lipinski definition) is 2. The number of piperidine rings is 1. The number of fused-ring (bicyclic) bond motifs is 1. The van der Waals surface area contributed by atoms with Crippen molar-refractivity contribution in [2.45, 2.75) is 31.5 Å². The maximum absolute atomic E-state index is 14.5. The summed E-state index contributed by atoms with van der Waals surface area (Å²) in [4.78, 5) is 0. The zero-order valence-corrected chi connectivity index (χ0v) is 9.95. The molecule has 0 aromatic heterocycles. The third-order valence-corrected chi connectivity index (χ3v) is 3.97. The molecule has 1 fully saturated rings. The molecule has 0 bridgehead atoms. The average Bonchev–Trinajstić information content (AvgIpc) is 2.82. The summed E-state index contributed by atoms with van der Waals surface area (Å²) in [5.41, 5.74) is 2.37. The van der Waals surface area contributed by atoms with Gasteiger partial charge in [-0.2, -0.15) is 0 Å². The Hall–Kier alpha value is -1.09. The lowest BCUT2D eigenvalue weighted by Crippen LogP contribution is -2.42. The van der Waals surface area contributed by atoms with E-state index in [9.17, 15) is 4.39 Å². The van der Waals surface area contributed by atoms with Gasteiger partial charge in [-0.15, -0.1) is 0 Å². The highest BCUT2D eigenvalue weighted by molar-refractivity contribution is 5.56. The summed E-state index contributed by atoms with van der Waals surface area (Å²) in [7, 11) is 0. The lowest BCUT2D eigenvalue weighted by atomic mass is 9.89. The first kappa shape index (κ1) is 11.0. The maximum Gasteiger partial charge on any atom is 0.124 e. The highest BCUT2D eigenvalue weighted by atomic mass is 19.1. The van der Waals surface area contributed by atoms with Gasteiger partial charge in [-0.05, 0) is 37.4 Å². The van der Waals surface area contributed by atoms with Crippen LogP contribution >= 0.6 is 0 Å². The molecule has 3 unspecified atom stereocenters. The molecule has 17 heavy (non-hydrogen) atoms. The number of para-hydroxylation sites is 1. The lowest BCUT2D eigenvalue weighted by Gasteiger charge is -2.29. The van der Waals surface area contributed by atoms with E-state index in [1.54, 1.807) is 0 Å². The molecule has 2 N–H and O–H groups in total. The van der Waals surface area contributed by atoms with Crippen LogP contribution < -0.4 is 10.6 Å². The van der Waals surface area contributed by atoms with Crippen LogP contribution in [0.25, 0.3) is 0 Å². The van der Waals surface area contributed by atoms with Crippen LogP contribution in [0.15, 0.2) is 24.3 Å². The van der Waals surface area contributed by atoms with Gasteiger partial charge in [0.15, 0.2) is 0 Å². The van der Waals surface area contributed by atoms with Gasteiger partial charge >= 0.3 is 0 Å². The van der Waals surface area contributed by atoms with Gasteiger partial charge < -0.3 is 10.6 Å². The fourth-order valence-electron chi connectivity index (χ4n) is 3.00. The third-order valence-electron chi connectivity index (χ3n) is 3.97. The van der Waals surface area contributed by atoms with E-state index in [2.05, 4.69) is 16.7 Å². The molecule has 2 heterocycles. The SMILES string of the molecule is FC(C1CCCNC1)C1Cc2ccccc2N1. The Morgan fingerprint density at radius 2 is 2.18 bits per heavy atom. The van der Waals surface area contributed by atoms with Crippen LogP contribution in [0, 0.1) is 5.92 Å². The molecule has 92 valence electrons. The van der Waals surface area contributed by atoms with Gasteiger partial charge in [0, 0.05) is 18.2 Å². The van der Waals surface area contributed by atoms with Crippen molar-refractivity contribution in [1.29, 1.82) is 0 Å². The quantitative estimate of drug-likeness (QED) is 0.821. The number of benzene rings is 1. The summed E-state index contributed by atoms with van der Waals surface area (Å²) >= 11 is 0. The van der Waals surface area contributed by atoms with Gasteiger partial charge in [-0.3, -0.25) is 0 Å². The second-order valence-corrected chi connectivity index (χ2v) is 5.16. The van der Waals surface area contributed by atoms with Crippen molar-refractivity contribution in [2.75, 3.05) is 18.4 Å². The second-order valence-electron chi connectivity index (χ2n) is 5.16. The van der Waals surface area contributed by atoms with Gasteiger partial charge in [0.2, 0.25) is 0 Å². The second kappa shape index (κ2) is 4.65. The van der Waals surface area contributed by atoms with Crippen molar-refractivity contribution in [2.24, 2.45) is 5.92 Å². The molecule has 3 rings (SSSR count). The first-order valence-corrected chi connectivity index (χ1v) is 6.54. The fourth-order valence-corrected chi connectivity index (χ4v) is 3.00. The zero-order valence-electron chi connectivity index (χ0n) is 9.95. The molecule has 3 atom stereocenters. The van der Waals surface area contributed by atoms with Crippen LogP contribution in [-0.4, -0.2) is 25.3 Å². The van der Waals surface area contributed by atoms with E-state index in [0.29, 0.717) is 0 Å². The third kappa shape index (κ3) is 2.16. The molecule has 0 saturated carbocycles. The summed E-state index contributed by atoms with van der Waals surface area (Å²) in [6.45, 7) is 1.87. The number of halogens is 1. The highest BCUT2D eigenvalue weighted by Gasteiger charge is 2.34. The van der Waals surface area contributed by atoms with Crippen molar-refractivity contribution in [3.63, 3.8) is 0 Å². The van der Waals surface area contributed by atoms with E-state index < -0.39 is 6.17 Å². The van der Waals surface area contributed by atoms with Crippen LogP contribution in [0.3, 0.4) is 0 Å². The minimum Gasteiger partial charge on any atom is -0.379 e. The molecule has 1 aromatic carbocycles. The minimum absolute atomic E-state index is 0.0303. The molecule has 0 aliphatic carbocycles. The Morgan fingerprint density at radius 1 is 1.29 bits per heavy atom. The first-order chi connectivity index (χ1) is 8.34. The summed E-state index contributed by atoms with van der Waals surface area (Å²) in [6.07, 6.45) is 2.21. The van der Waals surface area contributed by atoms with Gasteiger partial charge in [0.1, 0.15) is 6.17 Å². The molecule has 2 aliphatic heterocycles. The molecule has 0 radical (unpaired) electrons. The molecule has 2 nitrogen and oxygen atoms in total. The molecule has 1 aromatic rings. The molecular weight excluding hydrogens is 215 g/mol. The average molecular weight is 234 g/mol. The number of anilines is 1. The van der Waals surface area contributed by atoms with Crippen molar-refractivity contribution < 1.29 is 4.39 Å². The fraction of sp³-hybridized carbons (Fsp3) is 0.571. The van der Waals surface area contributed by atoms with Crippen molar-refractivity contribution in [1.82, 2.24) is 5.32 Å². The highest BCUT2D eigenvalue weighted by Crippen LogP contribution is 2.31. The van der Waals surface area contributed by atoms with Crippen molar-refractivity contribution >= 4 is 5.69 Å². The smallest absolute Gasteiger partial charge is 0.124 e. The van der Waals surface area contributed by atoms with Crippen LogP contribution in [0.4, 0.5) is 10.1 Å². The van der Waals surface area contributed by atoms with E-state index in [4.69, 9.17) is 0 Å². The predicted octanol–water partition coefficient (Wildman–Crippen LogP) is 2.36. The van der Waals surface area contributed by atoms with Crippen LogP contribution in [0.1, 0.15) is 18.4 Å². The number of alkyl halides is 1. The molecular formula is C14H19FN2. The maximum atomic E-state index is 14.5. The van der Waals surface area contributed by atoms with Gasteiger partial charge in [-0.25, -0.2) is 4.39 Å². The minimum atomic E-state index is -0.741. The summed E-state index contributed by atoms with van der Waals surface area (Å²) in [6, 6.07) is 8.13. The van der Waals surface area contributed by atoms with Gasteiger partial charge in [0.05, 0.1) is 6.04 Å². The molecule has 2 aliphatic rings. The lowest BCUT2D eigenvalue weighted by molar-refractivity contribution is 0.171. The van der Waals surface area contributed by atoms with E-state index in [1.807, 2.05) is 18.2 Å². The Bertz CT molecular complexity index is 363. The van der Waals surface area contributed by atoms with E-state index in [-0.39, 0.29) is 12.0 Å². The van der Waals surface area contributed by atoms with Crippen LogP contribution in [-0.2, 0) is 6.42 Å². The Morgan fingerprint density at radius 3 is 2.94 bits per heavy atom. The van der Waals surface area contributed by atoms with Crippen LogP contribution in [0.5, 0.6) is 0 Å². The largest absolute Gasteiger partial charge is 0.379 e. The molecule has 0 amide bonds. The number of rotatable bonds is 2. The first-order valence-electron chi connectivity index (χ1n) is 6.54. The Labute approximate surface area is 102 Å². The van der Waals surface area contributed by atoms with Gasteiger partial charge in [0.25, 0.3) is 0 Å². The van der Waals surface area contributed by atoms with Crippen molar-refractivity contribution in [3.05, 3.63) is 29.8 Å². The molecule has 0 spiro atoms. The number of hydrogen-bond acceptors (Lipinski definition) is 2. The topological polar surface area (TPSA) is 24.1 Å². The summed E-state index contributed by atoms with van der Waals surface area (Å²) in [5, 5.41) is 6.62. The monoisotopic (exact) mass is 234 g/mol. The van der Waals surface area contributed by atoms with Crippen molar-refractivity contribution in [3.8, 4) is 0 Å². The Kier molecular flexibility index (Phi) is 3.02. The van der Waals surface area contributed by atoms with E-state index in [1.165, 1.54) is 5.56 Å². The molecule has 1 saturated heterocycles. The normalized spacial score (nSPS) is 29.5. The summed E-state index contributed by atoms with van der Waals surface area (Å²) < 4.78 is 14.5. The summed E-state index contributed by atoms with van der Waals surface area (Å²) in [5.74, 6) is 0.176. The van der Waals surface area contributed by atoms with E-state index in [0.717, 1.165) is 38.0 Å². The van der Waals surface area contributed by atoms with E-state index >= 15 is 0 Å². The zero-order chi connectivity index (χ0) is 11.7. The van der Waals surface area contributed by atoms with Crippen LogP contribution in [0.2, 0.25) is 0 Å². The standard InChI is InChI=1S/C14H19FN2/c15-14(11-5-3-7-16-9-11)13-8-10-4-1-2-6-12(10)17-13/h1-2,4,6,11,13-14,16-17H,3,5,7-9H2. The predicted molar refractivity (Wildman–Crippen MR) is 68.0 cm³/mol. The number of nitrogens with one attached hydrogen (secondary N) is 2. The van der Waals surface area contributed by atoms with Gasteiger partial charge in [-0.1, -0.05) is 18.2 Å². The molecule has 3 heteroatoms.